The van der Waals surface area contributed by atoms with Crippen molar-refractivity contribution in [2.75, 3.05) is 7.11 Å². The second-order valence-electron chi connectivity index (χ2n) is 4.71. The lowest BCUT2D eigenvalue weighted by molar-refractivity contribution is 0.412. The number of benzene rings is 2. The zero-order chi connectivity index (χ0) is 14.8. The molecule has 0 atom stereocenters. The molecule has 0 radical (unpaired) electrons. The highest BCUT2D eigenvalue weighted by molar-refractivity contribution is 7.71. The second-order valence-corrected chi connectivity index (χ2v) is 5.09. The fourth-order valence-electron chi connectivity index (χ4n) is 2.32. The summed E-state index contributed by atoms with van der Waals surface area (Å²) in [6, 6.07) is 15.9. The summed E-state index contributed by atoms with van der Waals surface area (Å²) in [5, 5.41) is 7.23. The zero-order valence-corrected chi connectivity index (χ0v) is 12.6. The van der Waals surface area contributed by atoms with E-state index in [1.165, 1.54) is 0 Å². The van der Waals surface area contributed by atoms with E-state index in [0.717, 1.165) is 28.4 Å². The van der Waals surface area contributed by atoms with Gasteiger partial charge in [0, 0.05) is 11.3 Å². The maximum absolute atomic E-state index is 5.36. The van der Waals surface area contributed by atoms with E-state index in [-0.39, 0.29) is 0 Å². The van der Waals surface area contributed by atoms with Gasteiger partial charge in [-0.1, -0.05) is 18.2 Å². The van der Waals surface area contributed by atoms with Crippen LogP contribution in [0.4, 0.5) is 0 Å². The maximum Gasteiger partial charge on any atom is 0.200 e. The van der Waals surface area contributed by atoms with Gasteiger partial charge in [0.15, 0.2) is 10.6 Å². The Morgan fingerprint density at radius 1 is 1.14 bits per heavy atom. The molecule has 0 fully saturated rings. The van der Waals surface area contributed by atoms with Crippen LogP contribution in [0.1, 0.15) is 5.56 Å². The van der Waals surface area contributed by atoms with E-state index >= 15 is 0 Å². The number of aryl methyl sites for hydroxylation is 1. The summed E-state index contributed by atoms with van der Waals surface area (Å²) >= 11 is 5.36. The molecule has 0 saturated carbocycles. The number of ether oxygens (including phenoxy) is 1. The summed E-state index contributed by atoms with van der Waals surface area (Å²) in [7, 11) is 1.67. The largest absolute Gasteiger partial charge is 0.496 e. The summed E-state index contributed by atoms with van der Waals surface area (Å²) in [5.74, 6) is 1.65. The van der Waals surface area contributed by atoms with Crippen molar-refractivity contribution in [2.45, 2.75) is 6.92 Å². The summed E-state index contributed by atoms with van der Waals surface area (Å²) < 4.78 is 7.80. The molecule has 0 spiro atoms. The summed E-state index contributed by atoms with van der Waals surface area (Å²) in [4.78, 5) is 0. The quantitative estimate of drug-likeness (QED) is 0.745. The number of aromatic amines is 1. The number of hydrogen-bond donors (Lipinski definition) is 1. The van der Waals surface area contributed by atoms with E-state index in [2.05, 4.69) is 10.2 Å². The molecule has 0 aliphatic rings. The molecular formula is C16H15N3OS. The van der Waals surface area contributed by atoms with Crippen LogP contribution in [0.25, 0.3) is 17.1 Å². The molecule has 0 aliphatic carbocycles. The third kappa shape index (κ3) is 2.48. The number of H-pyrrole nitrogens is 1. The minimum atomic E-state index is 0.574. The van der Waals surface area contributed by atoms with Gasteiger partial charge in [-0.3, -0.25) is 9.67 Å². The van der Waals surface area contributed by atoms with Gasteiger partial charge in [0.25, 0.3) is 0 Å². The second kappa shape index (κ2) is 5.54. The van der Waals surface area contributed by atoms with Gasteiger partial charge < -0.3 is 4.74 Å². The van der Waals surface area contributed by atoms with Crippen molar-refractivity contribution in [3.63, 3.8) is 0 Å². The normalized spacial score (nSPS) is 10.6. The molecule has 2 aromatic carbocycles. The fourth-order valence-corrected chi connectivity index (χ4v) is 2.56. The van der Waals surface area contributed by atoms with Crippen molar-refractivity contribution in [1.82, 2.24) is 14.8 Å². The van der Waals surface area contributed by atoms with E-state index in [1.807, 2.05) is 60.0 Å². The van der Waals surface area contributed by atoms with E-state index in [1.54, 1.807) is 7.11 Å². The Morgan fingerprint density at radius 2 is 1.90 bits per heavy atom. The van der Waals surface area contributed by atoms with Gasteiger partial charge >= 0.3 is 0 Å². The highest BCUT2D eigenvalue weighted by Crippen LogP contribution is 2.26. The van der Waals surface area contributed by atoms with E-state index in [9.17, 15) is 0 Å². The Morgan fingerprint density at radius 3 is 2.57 bits per heavy atom. The average Bonchev–Trinajstić information content (AvgIpc) is 2.90. The van der Waals surface area contributed by atoms with Crippen molar-refractivity contribution in [1.29, 1.82) is 0 Å². The first-order chi connectivity index (χ1) is 10.2. The highest BCUT2D eigenvalue weighted by atomic mass is 32.1. The molecule has 0 saturated heterocycles. The maximum atomic E-state index is 5.36. The van der Waals surface area contributed by atoms with Gasteiger partial charge in [0.1, 0.15) is 5.75 Å². The third-order valence-electron chi connectivity index (χ3n) is 3.34. The fraction of sp³-hybridized carbons (Fsp3) is 0.125. The monoisotopic (exact) mass is 297 g/mol. The number of para-hydroxylation sites is 1. The molecule has 5 heteroatoms. The van der Waals surface area contributed by atoms with Crippen LogP contribution >= 0.6 is 12.2 Å². The van der Waals surface area contributed by atoms with E-state index < -0.39 is 0 Å². The van der Waals surface area contributed by atoms with Gasteiger partial charge in [-0.15, -0.1) is 0 Å². The Bertz CT molecular complexity index is 821. The predicted molar refractivity (Wildman–Crippen MR) is 85.5 cm³/mol. The van der Waals surface area contributed by atoms with Crippen molar-refractivity contribution >= 4 is 12.2 Å². The molecule has 0 unspecified atom stereocenters. The van der Waals surface area contributed by atoms with E-state index in [0.29, 0.717) is 4.77 Å². The standard InChI is InChI=1S/C16H15N3OS/c1-11-10-12(8-9-14(11)20-2)15-17-18-16(21)19(15)13-6-4-3-5-7-13/h3-10H,1-2H3,(H,18,21). The van der Waals surface area contributed by atoms with Gasteiger partial charge in [-0.05, 0) is 55.0 Å². The molecule has 3 rings (SSSR count). The van der Waals surface area contributed by atoms with Crippen LogP contribution < -0.4 is 4.74 Å². The van der Waals surface area contributed by atoms with Crippen molar-refractivity contribution in [2.24, 2.45) is 0 Å². The first-order valence-electron chi connectivity index (χ1n) is 6.58. The lowest BCUT2D eigenvalue weighted by atomic mass is 10.1. The summed E-state index contributed by atoms with van der Waals surface area (Å²) in [6.07, 6.45) is 0. The average molecular weight is 297 g/mol. The Balaban J connectivity index is 2.17. The molecule has 1 aromatic heterocycles. The molecule has 21 heavy (non-hydrogen) atoms. The molecule has 0 aliphatic heterocycles. The number of nitrogens with one attached hydrogen (secondary N) is 1. The van der Waals surface area contributed by atoms with Crippen LogP contribution in [0.3, 0.4) is 0 Å². The molecule has 4 nitrogen and oxygen atoms in total. The number of methoxy groups -OCH3 is 1. The topological polar surface area (TPSA) is 42.8 Å². The van der Waals surface area contributed by atoms with Crippen molar-refractivity contribution < 1.29 is 4.74 Å². The first kappa shape index (κ1) is 13.6. The highest BCUT2D eigenvalue weighted by Gasteiger charge is 2.11. The molecule has 1 N–H and O–H groups in total. The lowest BCUT2D eigenvalue weighted by Crippen LogP contribution is -1.98. The first-order valence-corrected chi connectivity index (χ1v) is 6.99. The molecular weight excluding hydrogens is 282 g/mol. The SMILES string of the molecule is COc1ccc(-c2n[nH]c(=S)n2-c2ccccc2)cc1C. The molecule has 106 valence electrons. The minimum Gasteiger partial charge on any atom is -0.496 e. The summed E-state index contributed by atoms with van der Waals surface area (Å²) in [5.41, 5.74) is 3.03. The van der Waals surface area contributed by atoms with Crippen LogP contribution in [-0.2, 0) is 0 Å². The Labute approximate surface area is 128 Å². The van der Waals surface area contributed by atoms with Gasteiger partial charge in [-0.2, -0.15) is 5.10 Å². The van der Waals surface area contributed by atoms with Crippen LogP contribution in [-0.4, -0.2) is 21.9 Å². The predicted octanol–water partition coefficient (Wildman–Crippen LogP) is 3.91. The lowest BCUT2D eigenvalue weighted by Gasteiger charge is -2.09. The molecule has 0 amide bonds. The summed E-state index contributed by atoms with van der Waals surface area (Å²) in [6.45, 7) is 2.01. The van der Waals surface area contributed by atoms with Crippen LogP contribution in [0.5, 0.6) is 5.75 Å². The van der Waals surface area contributed by atoms with Crippen LogP contribution in [0, 0.1) is 11.7 Å². The van der Waals surface area contributed by atoms with Gasteiger partial charge in [0.2, 0.25) is 0 Å². The van der Waals surface area contributed by atoms with Crippen LogP contribution in [0.15, 0.2) is 48.5 Å². The molecule has 3 aromatic rings. The minimum absolute atomic E-state index is 0.574. The molecule has 0 bridgehead atoms. The third-order valence-corrected chi connectivity index (χ3v) is 3.61. The van der Waals surface area contributed by atoms with Gasteiger partial charge in [0.05, 0.1) is 7.11 Å². The number of aromatic nitrogens is 3. The van der Waals surface area contributed by atoms with Crippen molar-refractivity contribution in [3.05, 3.63) is 58.9 Å². The molecule has 1 heterocycles. The number of nitrogens with zero attached hydrogens (tertiary/aromatic N) is 2. The van der Waals surface area contributed by atoms with E-state index in [4.69, 9.17) is 17.0 Å². The van der Waals surface area contributed by atoms with Crippen molar-refractivity contribution in [3.8, 4) is 22.8 Å². The zero-order valence-electron chi connectivity index (χ0n) is 11.8. The number of hydrogen-bond acceptors (Lipinski definition) is 3. The van der Waals surface area contributed by atoms with Gasteiger partial charge in [-0.25, -0.2) is 0 Å². The Kier molecular flexibility index (Phi) is 3.58. The van der Waals surface area contributed by atoms with Crippen LogP contribution in [0.2, 0.25) is 0 Å². The Hall–Kier alpha value is -2.40. The number of rotatable bonds is 3. The smallest absolute Gasteiger partial charge is 0.200 e.